The van der Waals surface area contributed by atoms with Crippen LogP contribution in [0.4, 0.5) is 0 Å². The predicted molar refractivity (Wildman–Crippen MR) is 42.3 cm³/mol. The Morgan fingerprint density at radius 1 is 1.75 bits per heavy atom. The second-order valence-corrected chi connectivity index (χ2v) is 2.71. The Morgan fingerprint density at radius 2 is 2.42 bits per heavy atom. The summed E-state index contributed by atoms with van der Waals surface area (Å²) < 4.78 is 9.34. The zero-order valence-electron chi connectivity index (χ0n) is 7.03. The number of carbonyl (C=O) groups is 1. The van der Waals surface area contributed by atoms with Crippen molar-refractivity contribution in [2.24, 2.45) is 5.73 Å². The number of furan rings is 1. The highest BCUT2D eigenvalue weighted by atomic mass is 16.5. The van der Waals surface area contributed by atoms with E-state index in [0.29, 0.717) is 5.56 Å². The standard InChI is InChI=1S/C8H11NO3/c1-8(9,7(10)11-2)6-3-4-12-5-6/h3-5H,9H2,1-2H3/t8-/m0/s1. The van der Waals surface area contributed by atoms with Crippen molar-refractivity contribution in [3.63, 3.8) is 0 Å². The lowest BCUT2D eigenvalue weighted by Gasteiger charge is -2.19. The van der Waals surface area contributed by atoms with Gasteiger partial charge in [-0.3, -0.25) is 0 Å². The molecule has 0 aliphatic carbocycles. The molecular weight excluding hydrogens is 158 g/mol. The van der Waals surface area contributed by atoms with Crippen LogP contribution in [-0.4, -0.2) is 13.1 Å². The van der Waals surface area contributed by atoms with Crippen LogP contribution in [0.15, 0.2) is 23.0 Å². The first-order valence-electron chi connectivity index (χ1n) is 3.49. The van der Waals surface area contributed by atoms with E-state index in [2.05, 4.69) is 4.74 Å². The van der Waals surface area contributed by atoms with Crippen LogP contribution in [0.3, 0.4) is 0 Å². The van der Waals surface area contributed by atoms with Crippen LogP contribution < -0.4 is 5.73 Å². The Kier molecular flexibility index (Phi) is 2.19. The number of esters is 1. The highest BCUT2D eigenvalue weighted by molar-refractivity contribution is 5.81. The SMILES string of the molecule is COC(=O)[C@@](C)(N)c1ccoc1. The van der Waals surface area contributed by atoms with Gasteiger partial charge in [-0.25, -0.2) is 4.79 Å². The molecule has 0 bridgehead atoms. The number of ether oxygens (including phenoxy) is 1. The molecule has 0 aliphatic rings. The molecule has 4 heteroatoms. The third-order valence-electron chi connectivity index (χ3n) is 1.73. The first kappa shape index (κ1) is 8.80. The fraction of sp³-hybridized carbons (Fsp3) is 0.375. The van der Waals surface area contributed by atoms with E-state index >= 15 is 0 Å². The highest BCUT2D eigenvalue weighted by Crippen LogP contribution is 2.18. The molecule has 0 saturated heterocycles. The minimum Gasteiger partial charge on any atom is -0.472 e. The summed E-state index contributed by atoms with van der Waals surface area (Å²) in [6, 6.07) is 1.64. The fourth-order valence-corrected chi connectivity index (χ4v) is 0.890. The Balaban J connectivity index is 2.93. The molecule has 12 heavy (non-hydrogen) atoms. The maximum atomic E-state index is 11.1. The summed E-state index contributed by atoms with van der Waals surface area (Å²) in [5.74, 6) is -0.482. The Labute approximate surface area is 70.3 Å². The van der Waals surface area contributed by atoms with E-state index in [4.69, 9.17) is 10.2 Å². The number of hydrogen-bond acceptors (Lipinski definition) is 4. The summed E-state index contributed by atoms with van der Waals surface area (Å²) >= 11 is 0. The molecule has 1 aromatic rings. The monoisotopic (exact) mass is 169 g/mol. The van der Waals surface area contributed by atoms with Crippen molar-refractivity contribution in [3.05, 3.63) is 24.2 Å². The van der Waals surface area contributed by atoms with Crippen molar-refractivity contribution < 1.29 is 13.9 Å². The quantitative estimate of drug-likeness (QED) is 0.659. The second-order valence-electron chi connectivity index (χ2n) is 2.71. The Morgan fingerprint density at radius 3 is 2.83 bits per heavy atom. The molecule has 66 valence electrons. The molecule has 1 rings (SSSR count). The Bertz CT molecular complexity index is 264. The van der Waals surface area contributed by atoms with Crippen molar-refractivity contribution in [1.29, 1.82) is 0 Å². The first-order chi connectivity index (χ1) is 5.59. The van der Waals surface area contributed by atoms with E-state index in [1.807, 2.05) is 0 Å². The average molecular weight is 169 g/mol. The molecule has 1 heterocycles. The second kappa shape index (κ2) is 2.98. The number of hydrogen-bond donors (Lipinski definition) is 1. The summed E-state index contributed by atoms with van der Waals surface area (Å²) in [7, 11) is 1.30. The summed E-state index contributed by atoms with van der Waals surface area (Å²) in [5.41, 5.74) is 5.18. The van der Waals surface area contributed by atoms with Gasteiger partial charge < -0.3 is 14.9 Å². The lowest BCUT2D eigenvalue weighted by Crippen LogP contribution is -2.42. The lowest BCUT2D eigenvalue weighted by atomic mass is 9.96. The number of methoxy groups -OCH3 is 1. The number of nitrogens with two attached hydrogens (primary N) is 1. The number of rotatable bonds is 2. The summed E-state index contributed by atoms with van der Waals surface area (Å²) in [6.45, 7) is 1.57. The van der Waals surface area contributed by atoms with E-state index in [1.165, 1.54) is 19.6 Å². The summed E-state index contributed by atoms with van der Waals surface area (Å²) in [6.07, 6.45) is 2.89. The molecule has 0 radical (unpaired) electrons. The number of carbonyl (C=O) groups excluding carboxylic acids is 1. The van der Waals surface area contributed by atoms with E-state index < -0.39 is 11.5 Å². The third kappa shape index (κ3) is 1.33. The molecule has 0 saturated carbocycles. The molecule has 0 fully saturated rings. The average Bonchev–Trinajstić information content (AvgIpc) is 2.55. The predicted octanol–water partition coefficient (Wildman–Crippen LogP) is 0.627. The zero-order valence-corrected chi connectivity index (χ0v) is 7.03. The normalized spacial score (nSPS) is 15.2. The van der Waals surface area contributed by atoms with Crippen LogP contribution in [0, 0.1) is 0 Å². The molecule has 0 spiro atoms. The van der Waals surface area contributed by atoms with Crippen LogP contribution in [0.1, 0.15) is 12.5 Å². The highest BCUT2D eigenvalue weighted by Gasteiger charge is 2.32. The maximum absolute atomic E-state index is 11.1. The van der Waals surface area contributed by atoms with Crippen molar-refractivity contribution in [1.82, 2.24) is 0 Å². The van der Waals surface area contributed by atoms with Gasteiger partial charge in [0.2, 0.25) is 0 Å². The topological polar surface area (TPSA) is 65.5 Å². The van der Waals surface area contributed by atoms with Crippen molar-refractivity contribution >= 4 is 5.97 Å². The third-order valence-corrected chi connectivity index (χ3v) is 1.73. The maximum Gasteiger partial charge on any atom is 0.330 e. The van der Waals surface area contributed by atoms with Crippen LogP contribution >= 0.6 is 0 Å². The van der Waals surface area contributed by atoms with Gasteiger partial charge in [-0.15, -0.1) is 0 Å². The van der Waals surface area contributed by atoms with Gasteiger partial charge in [0.05, 0.1) is 19.6 Å². The van der Waals surface area contributed by atoms with Gasteiger partial charge in [0, 0.05) is 5.56 Å². The molecule has 4 nitrogen and oxygen atoms in total. The molecule has 0 aromatic carbocycles. The van der Waals surface area contributed by atoms with E-state index in [-0.39, 0.29) is 0 Å². The molecule has 1 aromatic heterocycles. The van der Waals surface area contributed by atoms with Crippen LogP contribution in [-0.2, 0) is 15.1 Å². The van der Waals surface area contributed by atoms with Gasteiger partial charge in [-0.1, -0.05) is 0 Å². The largest absolute Gasteiger partial charge is 0.472 e. The minimum absolute atomic E-state index is 0.482. The smallest absolute Gasteiger partial charge is 0.330 e. The summed E-state index contributed by atoms with van der Waals surface area (Å²) in [5, 5.41) is 0. The van der Waals surface area contributed by atoms with Gasteiger partial charge in [0.15, 0.2) is 0 Å². The molecular formula is C8H11NO3. The summed E-state index contributed by atoms with van der Waals surface area (Å²) in [4.78, 5) is 11.1. The van der Waals surface area contributed by atoms with Gasteiger partial charge in [-0.05, 0) is 13.0 Å². The molecule has 0 aliphatic heterocycles. The Hall–Kier alpha value is -1.29. The zero-order chi connectivity index (χ0) is 9.19. The molecule has 0 unspecified atom stereocenters. The van der Waals surface area contributed by atoms with Gasteiger partial charge in [0.1, 0.15) is 5.54 Å². The molecule has 1 atom stereocenters. The van der Waals surface area contributed by atoms with Crippen molar-refractivity contribution in [2.45, 2.75) is 12.5 Å². The van der Waals surface area contributed by atoms with Crippen LogP contribution in [0.2, 0.25) is 0 Å². The minimum atomic E-state index is -1.12. The van der Waals surface area contributed by atoms with Crippen LogP contribution in [0.5, 0.6) is 0 Å². The fourth-order valence-electron chi connectivity index (χ4n) is 0.890. The van der Waals surface area contributed by atoms with Gasteiger partial charge >= 0.3 is 5.97 Å². The molecule has 0 amide bonds. The van der Waals surface area contributed by atoms with Gasteiger partial charge in [0.25, 0.3) is 0 Å². The lowest BCUT2D eigenvalue weighted by molar-refractivity contribution is -0.146. The van der Waals surface area contributed by atoms with Crippen molar-refractivity contribution in [3.8, 4) is 0 Å². The van der Waals surface area contributed by atoms with E-state index in [1.54, 1.807) is 13.0 Å². The van der Waals surface area contributed by atoms with Gasteiger partial charge in [-0.2, -0.15) is 0 Å². The van der Waals surface area contributed by atoms with Crippen LogP contribution in [0.25, 0.3) is 0 Å². The molecule has 2 N–H and O–H groups in total. The van der Waals surface area contributed by atoms with E-state index in [0.717, 1.165) is 0 Å². The first-order valence-corrected chi connectivity index (χ1v) is 3.49. The van der Waals surface area contributed by atoms with Crippen molar-refractivity contribution in [2.75, 3.05) is 7.11 Å². The van der Waals surface area contributed by atoms with E-state index in [9.17, 15) is 4.79 Å².